The third-order valence-electron chi connectivity index (χ3n) is 8.93. The van der Waals surface area contributed by atoms with Crippen LogP contribution in [-0.4, -0.2) is 95.9 Å². The van der Waals surface area contributed by atoms with E-state index in [-0.39, 0.29) is 42.7 Å². The first kappa shape index (κ1) is 46.7. The number of nitrogens with two attached hydrogens (primary N) is 1. The van der Waals surface area contributed by atoms with Crippen molar-refractivity contribution in [2.45, 2.75) is 83.1 Å². The molecule has 306 valence electrons. The highest BCUT2D eigenvalue weighted by Gasteiger charge is 2.20. The Morgan fingerprint density at radius 2 is 1.62 bits per heavy atom. The minimum absolute atomic E-state index is 0. The molecule has 56 heavy (non-hydrogen) atoms. The molecule has 5 rings (SSSR count). The largest absolute Gasteiger partial charge is 0.548 e. The fourth-order valence-corrected chi connectivity index (χ4v) is 7.17. The van der Waals surface area contributed by atoms with Gasteiger partial charge in [0.05, 0.1) is 52.9 Å². The molecule has 2 aromatic heterocycles. The maximum absolute atomic E-state index is 12.3. The third kappa shape index (κ3) is 17.6. The molecule has 4 aromatic rings. The number of halogens is 1. The lowest BCUT2D eigenvalue weighted by molar-refractivity contribution is -0.308. The first-order valence-corrected chi connectivity index (χ1v) is 20.4. The highest BCUT2D eigenvalue weighted by molar-refractivity contribution is 14.0. The van der Waals surface area contributed by atoms with Crippen LogP contribution in [0, 0.1) is 0 Å². The zero-order valence-electron chi connectivity index (χ0n) is 32.3. The number of alkyl carbamates (subject to hydrolysis) is 1. The number of carbonyl (C=O) groups is 3. The molecule has 1 fully saturated rings. The molecule has 0 radical (unpaired) electrons. The number of thiazole rings is 2. The van der Waals surface area contributed by atoms with Crippen LogP contribution in [0.3, 0.4) is 0 Å². The van der Waals surface area contributed by atoms with E-state index in [1.165, 1.54) is 27.4 Å². The SMILES string of the molecule is CC(C)c1nc(CN(C)C(=O)N[C@@H](CCN2CCOCC2)C(=O)[O-])cs1.I.N[C@H](CC[C@H](Cc1ccccc1)NC(=O)OCc1cncs1)Cc1ccccc1. The van der Waals surface area contributed by atoms with Gasteiger partial charge in [-0.05, 0) is 43.2 Å². The molecule has 13 nitrogen and oxygen atoms in total. The van der Waals surface area contributed by atoms with Gasteiger partial charge in [-0.15, -0.1) is 46.7 Å². The molecular formula is C40H55IN7O6S2-. The molecule has 0 saturated carbocycles. The van der Waals surface area contributed by atoms with Crippen LogP contribution < -0.4 is 21.5 Å². The van der Waals surface area contributed by atoms with Gasteiger partial charge in [-0.3, -0.25) is 9.88 Å². The predicted octanol–water partition coefficient (Wildman–Crippen LogP) is 5.20. The molecule has 3 atom stereocenters. The summed E-state index contributed by atoms with van der Waals surface area (Å²) in [5, 5.41) is 19.9. The van der Waals surface area contributed by atoms with Crippen molar-refractivity contribution < 1.29 is 29.0 Å². The third-order valence-corrected chi connectivity index (χ3v) is 10.9. The van der Waals surface area contributed by atoms with Crippen molar-refractivity contribution in [2.24, 2.45) is 5.73 Å². The number of carboxylic acids is 1. The van der Waals surface area contributed by atoms with Gasteiger partial charge in [0.1, 0.15) is 6.61 Å². The maximum atomic E-state index is 12.3. The number of hydrogen-bond acceptors (Lipinski definition) is 12. The molecule has 2 aromatic carbocycles. The van der Waals surface area contributed by atoms with Gasteiger partial charge < -0.3 is 40.6 Å². The number of ether oxygens (including phenoxy) is 2. The van der Waals surface area contributed by atoms with E-state index in [0.29, 0.717) is 38.6 Å². The van der Waals surface area contributed by atoms with Crippen molar-refractivity contribution in [3.8, 4) is 0 Å². The van der Waals surface area contributed by atoms with Gasteiger partial charge in [0, 0.05) is 56.3 Å². The number of carboxylic acid groups (broad SMARTS) is 1. The summed E-state index contributed by atoms with van der Waals surface area (Å²) >= 11 is 3.03. The molecule has 3 amide bonds. The van der Waals surface area contributed by atoms with Gasteiger partial charge in [-0.2, -0.15) is 0 Å². The summed E-state index contributed by atoms with van der Waals surface area (Å²) in [7, 11) is 1.62. The van der Waals surface area contributed by atoms with Crippen LogP contribution in [0.4, 0.5) is 9.59 Å². The summed E-state index contributed by atoms with van der Waals surface area (Å²) in [5.41, 5.74) is 11.3. The van der Waals surface area contributed by atoms with Gasteiger partial charge in [-0.25, -0.2) is 14.6 Å². The van der Waals surface area contributed by atoms with E-state index in [4.69, 9.17) is 15.2 Å². The van der Waals surface area contributed by atoms with E-state index < -0.39 is 24.1 Å². The normalized spacial score (nSPS) is 14.3. The number of rotatable bonds is 18. The molecule has 16 heteroatoms. The second kappa shape index (κ2) is 25.5. The van der Waals surface area contributed by atoms with Crippen molar-refractivity contribution in [1.29, 1.82) is 0 Å². The quantitative estimate of drug-likeness (QED) is 0.113. The number of benzene rings is 2. The molecule has 1 aliphatic heterocycles. The van der Waals surface area contributed by atoms with E-state index in [0.717, 1.165) is 54.4 Å². The van der Waals surface area contributed by atoms with Gasteiger partial charge in [0.2, 0.25) is 0 Å². The lowest BCUT2D eigenvalue weighted by Crippen LogP contribution is -2.52. The summed E-state index contributed by atoms with van der Waals surface area (Å²) in [6.07, 6.45) is 4.79. The Hall–Kier alpha value is -3.68. The molecule has 1 saturated heterocycles. The molecule has 0 bridgehead atoms. The minimum Gasteiger partial charge on any atom is -0.548 e. The average molecular weight is 921 g/mol. The summed E-state index contributed by atoms with van der Waals surface area (Å²) in [5.74, 6) is -0.925. The van der Waals surface area contributed by atoms with E-state index in [1.807, 2.05) is 41.8 Å². The van der Waals surface area contributed by atoms with Gasteiger partial charge in [0.15, 0.2) is 0 Å². The Balaban J connectivity index is 0.000000297. The number of urea groups is 1. The number of aromatic nitrogens is 2. The van der Waals surface area contributed by atoms with E-state index in [2.05, 4.69) is 63.6 Å². The smallest absolute Gasteiger partial charge is 0.407 e. The topological polar surface area (TPSA) is 175 Å². The Labute approximate surface area is 355 Å². The van der Waals surface area contributed by atoms with Crippen molar-refractivity contribution in [2.75, 3.05) is 39.9 Å². The Morgan fingerprint density at radius 3 is 2.21 bits per heavy atom. The fraction of sp³-hybridized carbons (Fsp3) is 0.475. The van der Waals surface area contributed by atoms with Crippen LogP contribution in [0.25, 0.3) is 0 Å². The summed E-state index contributed by atoms with van der Waals surface area (Å²) in [6.45, 7) is 8.13. The first-order valence-electron chi connectivity index (χ1n) is 18.7. The van der Waals surface area contributed by atoms with E-state index >= 15 is 0 Å². The maximum Gasteiger partial charge on any atom is 0.407 e. The van der Waals surface area contributed by atoms with E-state index in [1.54, 1.807) is 30.1 Å². The fourth-order valence-electron chi connectivity index (χ4n) is 5.84. The second-order valence-corrected chi connectivity index (χ2v) is 15.7. The predicted molar refractivity (Wildman–Crippen MR) is 229 cm³/mol. The van der Waals surface area contributed by atoms with Crippen molar-refractivity contribution in [1.82, 2.24) is 30.4 Å². The number of amides is 3. The summed E-state index contributed by atoms with van der Waals surface area (Å²) in [4.78, 5) is 48.9. The van der Waals surface area contributed by atoms with E-state index in [9.17, 15) is 19.5 Å². The summed E-state index contributed by atoms with van der Waals surface area (Å²) < 4.78 is 10.6. The zero-order chi connectivity index (χ0) is 39.4. The number of carbonyl (C=O) groups excluding carboxylic acids is 3. The number of hydrogen-bond donors (Lipinski definition) is 3. The number of nitrogens with zero attached hydrogens (tertiary/aromatic N) is 4. The van der Waals surface area contributed by atoms with Crippen LogP contribution in [0.15, 0.2) is 77.8 Å². The number of morpholine rings is 1. The van der Waals surface area contributed by atoms with Gasteiger partial charge >= 0.3 is 12.1 Å². The Bertz CT molecular complexity index is 1700. The van der Waals surface area contributed by atoms with Crippen LogP contribution in [-0.2, 0) is 40.3 Å². The highest BCUT2D eigenvalue weighted by Crippen LogP contribution is 2.20. The second-order valence-electron chi connectivity index (χ2n) is 13.9. The summed E-state index contributed by atoms with van der Waals surface area (Å²) in [6, 6.07) is 19.0. The molecule has 1 aliphatic rings. The number of nitrogens with one attached hydrogen (secondary N) is 2. The Kier molecular flexibility index (Phi) is 21.3. The molecular weight excluding hydrogens is 866 g/mol. The minimum atomic E-state index is -1.27. The van der Waals surface area contributed by atoms with Gasteiger partial charge in [-0.1, -0.05) is 74.5 Å². The van der Waals surface area contributed by atoms with Crippen LogP contribution in [0.5, 0.6) is 0 Å². The highest BCUT2D eigenvalue weighted by atomic mass is 127. The average Bonchev–Trinajstić information content (AvgIpc) is 3.89. The van der Waals surface area contributed by atoms with Crippen LogP contribution in [0.2, 0.25) is 0 Å². The van der Waals surface area contributed by atoms with Gasteiger partial charge in [0.25, 0.3) is 0 Å². The van der Waals surface area contributed by atoms with Crippen molar-refractivity contribution in [3.63, 3.8) is 0 Å². The number of aliphatic carboxylic acids is 1. The molecule has 0 spiro atoms. The first-order chi connectivity index (χ1) is 26.5. The van der Waals surface area contributed by atoms with Crippen molar-refractivity contribution >= 4 is 64.7 Å². The van der Waals surface area contributed by atoms with Crippen molar-refractivity contribution in [3.05, 3.63) is 104 Å². The zero-order valence-corrected chi connectivity index (χ0v) is 36.3. The molecule has 4 N–H and O–H groups in total. The van der Waals surface area contributed by atoms with Crippen LogP contribution in [0.1, 0.15) is 65.7 Å². The monoisotopic (exact) mass is 920 g/mol. The standard InChI is InChI=1S/C23H27N3O2S.C17H28N4O4S.HI/c24-20(13-18-7-3-1-4-8-18)11-12-21(14-19-9-5-2-6-10-19)26-23(27)28-16-22-15-25-17-29-22;1-12(2)15-18-13(11-26-15)10-20(3)17(24)19-14(16(22)23)4-5-21-6-8-25-9-7-21;/h1-10,15,17,20-21H,11-14,16,24H2,(H,26,27);11-12,14H,4-10H2,1-3H3,(H,19,24)(H,22,23);1H/p-1/t20-,21-;14-;/m10./s1. The molecule has 0 unspecified atom stereocenters. The molecule has 0 aliphatic carbocycles. The molecule has 3 heterocycles. The lowest BCUT2D eigenvalue weighted by atomic mass is 9.96. The lowest BCUT2D eigenvalue weighted by Gasteiger charge is -2.29. The van der Waals surface area contributed by atoms with Crippen LogP contribution >= 0.6 is 46.7 Å². The Morgan fingerprint density at radius 1 is 0.964 bits per heavy atom.